The Hall–Kier alpha value is -2.89. The van der Waals surface area contributed by atoms with Crippen LogP contribution in [0.25, 0.3) is 10.9 Å². The van der Waals surface area contributed by atoms with Crippen LogP contribution in [0.2, 0.25) is 5.02 Å². The average Bonchev–Trinajstić information content (AvgIpc) is 3.05. The third-order valence-electron chi connectivity index (χ3n) is 5.12. The van der Waals surface area contributed by atoms with Crippen LogP contribution in [0.1, 0.15) is 11.1 Å². The molecule has 9 heteroatoms. The molecule has 0 radical (unpaired) electrons. The Morgan fingerprint density at radius 2 is 1.87 bits per heavy atom. The Morgan fingerprint density at radius 1 is 1.10 bits per heavy atom. The lowest BCUT2D eigenvalue weighted by molar-refractivity contribution is 0.588. The summed E-state index contributed by atoms with van der Waals surface area (Å²) in [4.78, 5) is 8.83. The van der Waals surface area contributed by atoms with Crippen molar-refractivity contribution in [2.24, 2.45) is 7.05 Å². The predicted octanol–water partition coefficient (Wildman–Crippen LogP) is 5.37. The Bertz CT molecular complexity index is 1340. The van der Waals surface area contributed by atoms with Crippen molar-refractivity contribution in [1.82, 2.24) is 19.7 Å². The van der Waals surface area contributed by atoms with Gasteiger partial charge in [0.05, 0.1) is 17.4 Å². The molecule has 0 saturated heterocycles. The van der Waals surface area contributed by atoms with Gasteiger partial charge in [-0.15, -0.1) is 0 Å². The highest BCUT2D eigenvalue weighted by atomic mass is 35.5. The number of hydrogen-bond acceptors (Lipinski definition) is 6. The number of nitrogens with one attached hydrogen (secondary N) is 2. The zero-order chi connectivity index (χ0) is 22.3. The molecular formula is C22H24ClN6OP. The van der Waals surface area contributed by atoms with Crippen molar-refractivity contribution in [3.8, 4) is 0 Å². The molecular weight excluding hydrogens is 431 g/mol. The molecule has 2 N–H and O–H groups in total. The van der Waals surface area contributed by atoms with Crippen LogP contribution in [-0.4, -0.2) is 33.1 Å². The quantitative estimate of drug-likeness (QED) is 0.394. The Morgan fingerprint density at radius 3 is 2.61 bits per heavy atom. The third kappa shape index (κ3) is 4.43. The molecule has 7 nitrogen and oxygen atoms in total. The van der Waals surface area contributed by atoms with E-state index in [4.69, 9.17) is 11.6 Å². The van der Waals surface area contributed by atoms with Crippen molar-refractivity contribution in [2.45, 2.75) is 13.8 Å². The number of nitrogens with zero attached hydrogens (tertiary/aromatic N) is 4. The fourth-order valence-corrected chi connectivity index (χ4v) is 5.42. The largest absolute Gasteiger partial charge is 0.338 e. The summed E-state index contributed by atoms with van der Waals surface area (Å²) in [6.45, 7) is 7.53. The highest BCUT2D eigenvalue weighted by Gasteiger charge is 2.21. The van der Waals surface area contributed by atoms with Gasteiger partial charge in [0.25, 0.3) is 0 Å². The van der Waals surface area contributed by atoms with Crippen LogP contribution < -0.4 is 15.9 Å². The minimum absolute atomic E-state index is 0.372. The van der Waals surface area contributed by atoms with E-state index in [1.807, 2.05) is 57.4 Å². The minimum atomic E-state index is -2.53. The van der Waals surface area contributed by atoms with Crippen LogP contribution in [0.3, 0.4) is 0 Å². The van der Waals surface area contributed by atoms with Gasteiger partial charge in [-0.3, -0.25) is 4.68 Å². The van der Waals surface area contributed by atoms with Gasteiger partial charge in [0.2, 0.25) is 5.95 Å². The molecule has 0 aliphatic carbocycles. The van der Waals surface area contributed by atoms with Gasteiger partial charge in [0, 0.05) is 29.6 Å². The molecule has 0 saturated carbocycles. The molecule has 0 aliphatic rings. The maximum absolute atomic E-state index is 13.0. The zero-order valence-electron chi connectivity index (χ0n) is 18.1. The second-order valence-electron chi connectivity index (χ2n) is 7.97. The molecule has 160 valence electrons. The SMILES string of the molecule is Cc1ccc(Nc2nc(Nc3ccc4cn(C)nc4c3)ncc2Cl)c(P(C)(C)=O)c1C. The van der Waals surface area contributed by atoms with E-state index in [2.05, 4.69) is 25.7 Å². The summed E-state index contributed by atoms with van der Waals surface area (Å²) in [7, 11) is -0.645. The number of aryl methyl sites for hydroxylation is 2. The monoisotopic (exact) mass is 454 g/mol. The number of benzene rings is 2. The number of fused-ring (bicyclic) bond motifs is 1. The number of hydrogen-bond donors (Lipinski definition) is 2. The van der Waals surface area contributed by atoms with Crippen LogP contribution in [0.4, 0.5) is 23.1 Å². The van der Waals surface area contributed by atoms with E-state index in [0.29, 0.717) is 16.8 Å². The van der Waals surface area contributed by atoms with Crippen LogP contribution in [0.5, 0.6) is 0 Å². The fourth-order valence-electron chi connectivity index (χ4n) is 3.58. The van der Waals surface area contributed by atoms with Gasteiger partial charge in [0.15, 0.2) is 5.82 Å². The lowest BCUT2D eigenvalue weighted by Crippen LogP contribution is -2.15. The fraction of sp³-hybridized carbons (Fsp3) is 0.227. The van der Waals surface area contributed by atoms with E-state index >= 15 is 0 Å². The van der Waals surface area contributed by atoms with Crippen LogP contribution in [0, 0.1) is 13.8 Å². The summed E-state index contributed by atoms with van der Waals surface area (Å²) in [6.07, 6.45) is 3.50. The van der Waals surface area contributed by atoms with Gasteiger partial charge in [0.1, 0.15) is 12.2 Å². The molecule has 31 heavy (non-hydrogen) atoms. The Kier molecular flexibility index (Phi) is 5.50. The van der Waals surface area contributed by atoms with Crippen LogP contribution >= 0.6 is 18.7 Å². The lowest BCUT2D eigenvalue weighted by atomic mass is 10.1. The van der Waals surface area contributed by atoms with Crippen molar-refractivity contribution in [3.63, 3.8) is 0 Å². The molecule has 2 aromatic carbocycles. The van der Waals surface area contributed by atoms with Crippen LogP contribution in [0.15, 0.2) is 42.7 Å². The molecule has 2 aromatic heterocycles. The summed E-state index contributed by atoms with van der Waals surface area (Å²) in [6, 6.07) is 9.78. The summed E-state index contributed by atoms with van der Waals surface area (Å²) < 4.78 is 14.8. The summed E-state index contributed by atoms with van der Waals surface area (Å²) >= 11 is 6.37. The maximum atomic E-state index is 13.0. The topological polar surface area (TPSA) is 84.7 Å². The van der Waals surface area contributed by atoms with E-state index in [0.717, 1.165) is 38.7 Å². The standard InChI is InChI=1S/C22H24ClN6OP/c1-13-6-9-18(20(14(13)2)31(4,5)30)26-21-17(23)11-24-22(27-21)25-16-8-7-15-12-29(3)28-19(15)10-16/h6-12H,1-5H3,(H2,24,25,26,27). The normalized spacial score (nSPS) is 11.7. The average molecular weight is 455 g/mol. The predicted molar refractivity (Wildman–Crippen MR) is 129 cm³/mol. The maximum Gasteiger partial charge on any atom is 0.229 e. The molecule has 0 spiro atoms. The van der Waals surface area contributed by atoms with E-state index in [1.165, 1.54) is 6.20 Å². The van der Waals surface area contributed by atoms with E-state index in [9.17, 15) is 4.57 Å². The molecule has 0 aliphatic heterocycles. The lowest BCUT2D eigenvalue weighted by Gasteiger charge is -2.19. The van der Waals surface area contributed by atoms with Gasteiger partial charge in [-0.05, 0) is 62.6 Å². The Balaban J connectivity index is 1.67. The minimum Gasteiger partial charge on any atom is -0.338 e. The molecule has 4 rings (SSSR count). The molecule has 4 aromatic rings. The van der Waals surface area contributed by atoms with Crippen molar-refractivity contribution in [2.75, 3.05) is 24.0 Å². The van der Waals surface area contributed by atoms with Crippen LogP contribution in [-0.2, 0) is 11.6 Å². The Labute approximate surface area is 186 Å². The zero-order valence-corrected chi connectivity index (χ0v) is 19.7. The summed E-state index contributed by atoms with van der Waals surface area (Å²) in [5, 5.41) is 13.1. The number of halogens is 1. The first-order valence-corrected chi connectivity index (χ1v) is 12.8. The van der Waals surface area contributed by atoms with E-state index in [1.54, 1.807) is 18.0 Å². The van der Waals surface area contributed by atoms with Gasteiger partial charge in [-0.2, -0.15) is 10.1 Å². The highest BCUT2D eigenvalue weighted by molar-refractivity contribution is 7.70. The number of aromatic nitrogens is 4. The van der Waals surface area contributed by atoms with Gasteiger partial charge >= 0.3 is 0 Å². The molecule has 0 fully saturated rings. The van der Waals surface area contributed by atoms with E-state index in [-0.39, 0.29) is 0 Å². The van der Waals surface area contributed by atoms with Crippen molar-refractivity contribution in [3.05, 3.63) is 58.9 Å². The third-order valence-corrected chi connectivity index (χ3v) is 7.05. The molecule has 0 atom stereocenters. The number of rotatable bonds is 5. The highest BCUT2D eigenvalue weighted by Crippen LogP contribution is 2.41. The first-order valence-electron chi connectivity index (χ1n) is 9.77. The first-order chi connectivity index (χ1) is 14.6. The van der Waals surface area contributed by atoms with Crippen molar-refractivity contribution >= 4 is 58.1 Å². The van der Waals surface area contributed by atoms with Gasteiger partial charge in [-0.1, -0.05) is 17.7 Å². The molecule has 2 heterocycles. The van der Waals surface area contributed by atoms with Gasteiger partial charge in [-0.25, -0.2) is 4.98 Å². The van der Waals surface area contributed by atoms with Crippen molar-refractivity contribution in [1.29, 1.82) is 0 Å². The molecule has 0 unspecified atom stereocenters. The second kappa shape index (κ2) is 7.98. The first kappa shape index (κ1) is 21.3. The summed E-state index contributed by atoms with van der Waals surface area (Å²) in [5.74, 6) is 0.833. The second-order valence-corrected chi connectivity index (χ2v) is 11.5. The summed E-state index contributed by atoms with van der Waals surface area (Å²) in [5.41, 5.74) is 4.52. The van der Waals surface area contributed by atoms with Gasteiger partial charge < -0.3 is 15.2 Å². The smallest absolute Gasteiger partial charge is 0.229 e. The van der Waals surface area contributed by atoms with Crippen molar-refractivity contribution < 1.29 is 4.57 Å². The molecule has 0 amide bonds. The molecule has 0 bridgehead atoms. The van der Waals surface area contributed by atoms with E-state index < -0.39 is 7.14 Å². The number of anilines is 4.